The monoisotopic (exact) mass is 216 g/mol. The molecule has 5 heteroatoms. The molecule has 0 aliphatic heterocycles. The predicted octanol–water partition coefficient (Wildman–Crippen LogP) is -0.617. The van der Waals surface area contributed by atoms with Crippen LogP contribution in [0.4, 0.5) is 0 Å². The molecule has 1 fully saturated rings. The summed E-state index contributed by atoms with van der Waals surface area (Å²) in [6, 6.07) is 0. The lowest BCUT2D eigenvalue weighted by Crippen LogP contribution is -2.58. The fourth-order valence-corrected chi connectivity index (χ4v) is 1.50. The Kier molecular flexibility index (Phi) is 5.01. The zero-order valence-corrected chi connectivity index (χ0v) is 9.00. The minimum Gasteiger partial charge on any atom is -0.394 e. The summed E-state index contributed by atoms with van der Waals surface area (Å²) in [6.45, 7) is 1.54. The minimum atomic E-state index is -0.605. The molecule has 4 N–H and O–H groups in total. The number of carbonyl (C=O) groups is 1. The van der Waals surface area contributed by atoms with E-state index in [9.17, 15) is 4.79 Å². The maximum Gasteiger partial charge on any atom is 0.240 e. The average molecular weight is 216 g/mol. The second-order valence-electron chi connectivity index (χ2n) is 3.96. The van der Waals surface area contributed by atoms with Crippen molar-refractivity contribution in [2.24, 2.45) is 5.73 Å². The Labute approximate surface area is 90.0 Å². The van der Waals surface area contributed by atoms with Crippen LogP contribution in [0, 0.1) is 0 Å². The Hall–Kier alpha value is -0.650. The molecule has 5 nitrogen and oxygen atoms in total. The van der Waals surface area contributed by atoms with E-state index in [0.29, 0.717) is 19.8 Å². The van der Waals surface area contributed by atoms with Crippen LogP contribution < -0.4 is 11.1 Å². The second-order valence-corrected chi connectivity index (χ2v) is 3.96. The van der Waals surface area contributed by atoms with Crippen LogP contribution in [-0.2, 0) is 9.53 Å². The highest BCUT2D eigenvalue weighted by atomic mass is 16.5. The molecule has 0 atom stereocenters. The van der Waals surface area contributed by atoms with Crippen LogP contribution in [0.25, 0.3) is 0 Å². The number of hydrogen-bond donors (Lipinski definition) is 3. The standard InChI is InChI=1S/C10H20N2O3/c11-10(3-1-4-10)9(14)12-5-2-7-15-8-6-13/h13H,1-8,11H2,(H,12,14). The molecule has 0 bridgehead atoms. The smallest absolute Gasteiger partial charge is 0.240 e. The van der Waals surface area contributed by atoms with Crippen molar-refractivity contribution in [3.63, 3.8) is 0 Å². The van der Waals surface area contributed by atoms with Crippen molar-refractivity contribution in [2.75, 3.05) is 26.4 Å². The van der Waals surface area contributed by atoms with E-state index < -0.39 is 5.54 Å². The lowest BCUT2D eigenvalue weighted by Gasteiger charge is -2.36. The summed E-state index contributed by atoms with van der Waals surface area (Å²) in [5, 5.41) is 11.2. The number of aliphatic hydroxyl groups excluding tert-OH is 1. The maximum absolute atomic E-state index is 11.5. The molecule has 1 saturated carbocycles. The van der Waals surface area contributed by atoms with E-state index in [0.717, 1.165) is 25.7 Å². The molecule has 0 aromatic rings. The third-order valence-electron chi connectivity index (χ3n) is 2.68. The van der Waals surface area contributed by atoms with Gasteiger partial charge < -0.3 is 20.9 Å². The van der Waals surface area contributed by atoms with Gasteiger partial charge in [-0.3, -0.25) is 4.79 Å². The first-order valence-electron chi connectivity index (χ1n) is 5.45. The SMILES string of the molecule is NC1(C(=O)NCCCOCCO)CCC1. The fraction of sp³-hybridized carbons (Fsp3) is 0.900. The van der Waals surface area contributed by atoms with Gasteiger partial charge in [0.25, 0.3) is 0 Å². The summed E-state index contributed by atoms with van der Waals surface area (Å²) < 4.78 is 5.06. The molecule has 1 rings (SSSR count). The number of aliphatic hydroxyl groups is 1. The van der Waals surface area contributed by atoms with Crippen molar-refractivity contribution < 1.29 is 14.6 Å². The molecule has 1 amide bonds. The van der Waals surface area contributed by atoms with Gasteiger partial charge in [0.2, 0.25) is 5.91 Å². The van der Waals surface area contributed by atoms with Crippen molar-refractivity contribution in [3.05, 3.63) is 0 Å². The quantitative estimate of drug-likeness (QED) is 0.495. The lowest BCUT2D eigenvalue weighted by atomic mass is 9.77. The molecule has 0 spiro atoms. The van der Waals surface area contributed by atoms with Crippen molar-refractivity contribution in [2.45, 2.75) is 31.2 Å². The highest BCUT2D eigenvalue weighted by molar-refractivity contribution is 5.86. The summed E-state index contributed by atoms with van der Waals surface area (Å²) in [4.78, 5) is 11.5. The summed E-state index contributed by atoms with van der Waals surface area (Å²) in [7, 11) is 0. The van der Waals surface area contributed by atoms with Gasteiger partial charge in [-0.1, -0.05) is 0 Å². The molecule has 15 heavy (non-hydrogen) atoms. The molecular weight excluding hydrogens is 196 g/mol. The van der Waals surface area contributed by atoms with Gasteiger partial charge in [-0.15, -0.1) is 0 Å². The summed E-state index contributed by atoms with van der Waals surface area (Å²) in [5.41, 5.74) is 5.23. The number of rotatable bonds is 7. The van der Waals surface area contributed by atoms with Crippen LogP contribution in [0.2, 0.25) is 0 Å². The van der Waals surface area contributed by atoms with Gasteiger partial charge in [0, 0.05) is 13.2 Å². The van der Waals surface area contributed by atoms with E-state index in [1.807, 2.05) is 0 Å². The maximum atomic E-state index is 11.5. The molecule has 0 aromatic heterocycles. The average Bonchev–Trinajstić information content (AvgIpc) is 2.19. The molecule has 0 saturated heterocycles. The first kappa shape index (κ1) is 12.4. The zero-order valence-electron chi connectivity index (χ0n) is 9.00. The summed E-state index contributed by atoms with van der Waals surface area (Å²) in [5.74, 6) is -0.0455. The molecule has 0 heterocycles. The van der Waals surface area contributed by atoms with E-state index in [-0.39, 0.29) is 12.5 Å². The topological polar surface area (TPSA) is 84.6 Å². The van der Waals surface area contributed by atoms with Crippen LogP contribution in [0.3, 0.4) is 0 Å². The molecule has 88 valence electrons. The van der Waals surface area contributed by atoms with Crippen LogP contribution in [0.15, 0.2) is 0 Å². The Morgan fingerprint density at radius 3 is 2.73 bits per heavy atom. The van der Waals surface area contributed by atoms with E-state index >= 15 is 0 Å². The number of amides is 1. The summed E-state index contributed by atoms with van der Waals surface area (Å²) in [6.07, 6.45) is 3.38. The normalized spacial score (nSPS) is 18.3. The number of nitrogens with two attached hydrogens (primary N) is 1. The van der Waals surface area contributed by atoms with Crippen molar-refractivity contribution in [3.8, 4) is 0 Å². The van der Waals surface area contributed by atoms with Crippen LogP contribution in [-0.4, -0.2) is 42.9 Å². The Bertz CT molecular complexity index is 205. The fourth-order valence-electron chi connectivity index (χ4n) is 1.50. The van der Waals surface area contributed by atoms with E-state index in [1.54, 1.807) is 0 Å². The molecular formula is C10H20N2O3. The van der Waals surface area contributed by atoms with E-state index in [1.165, 1.54) is 0 Å². The van der Waals surface area contributed by atoms with Crippen molar-refractivity contribution >= 4 is 5.91 Å². The predicted molar refractivity (Wildman–Crippen MR) is 56.3 cm³/mol. The summed E-state index contributed by atoms with van der Waals surface area (Å²) >= 11 is 0. The van der Waals surface area contributed by atoms with Gasteiger partial charge in [0.1, 0.15) is 0 Å². The first-order chi connectivity index (χ1) is 7.19. The number of hydrogen-bond acceptors (Lipinski definition) is 4. The van der Waals surface area contributed by atoms with Gasteiger partial charge in [-0.2, -0.15) is 0 Å². The first-order valence-corrected chi connectivity index (χ1v) is 5.45. The highest BCUT2D eigenvalue weighted by Crippen LogP contribution is 2.28. The zero-order chi connectivity index (χ0) is 11.1. The highest BCUT2D eigenvalue weighted by Gasteiger charge is 2.39. The molecule has 1 aliphatic rings. The van der Waals surface area contributed by atoms with Gasteiger partial charge in [-0.05, 0) is 25.7 Å². The number of ether oxygens (including phenoxy) is 1. The Morgan fingerprint density at radius 2 is 2.20 bits per heavy atom. The molecule has 0 radical (unpaired) electrons. The lowest BCUT2D eigenvalue weighted by molar-refractivity contribution is -0.129. The number of carbonyl (C=O) groups excluding carboxylic acids is 1. The van der Waals surface area contributed by atoms with Crippen LogP contribution in [0.5, 0.6) is 0 Å². The Morgan fingerprint density at radius 1 is 1.47 bits per heavy atom. The van der Waals surface area contributed by atoms with Gasteiger partial charge in [0.05, 0.1) is 18.8 Å². The van der Waals surface area contributed by atoms with Gasteiger partial charge in [0.15, 0.2) is 0 Å². The van der Waals surface area contributed by atoms with Crippen molar-refractivity contribution in [1.82, 2.24) is 5.32 Å². The van der Waals surface area contributed by atoms with Crippen LogP contribution in [0.1, 0.15) is 25.7 Å². The molecule has 0 aromatic carbocycles. The van der Waals surface area contributed by atoms with Crippen molar-refractivity contribution in [1.29, 1.82) is 0 Å². The number of nitrogens with one attached hydrogen (secondary N) is 1. The van der Waals surface area contributed by atoms with E-state index in [2.05, 4.69) is 5.32 Å². The van der Waals surface area contributed by atoms with Gasteiger partial charge in [-0.25, -0.2) is 0 Å². The third kappa shape index (κ3) is 3.77. The molecule has 1 aliphatic carbocycles. The minimum absolute atomic E-state index is 0.0400. The second kappa shape index (κ2) is 6.05. The molecule has 0 unspecified atom stereocenters. The van der Waals surface area contributed by atoms with Crippen LogP contribution >= 0.6 is 0 Å². The Balaban J connectivity index is 1.97. The largest absolute Gasteiger partial charge is 0.394 e. The third-order valence-corrected chi connectivity index (χ3v) is 2.68. The van der Waals surface area contributed by atoms with E-state index in [4.69, 9.17) is 15.6 Å². The van der Waals surface area contributed by atoms with Gasteiger partial charge >= 0.3 is 0 Å².